The van der Waals surface area contributed by atoms with Crippen LogP contribution in [0.1, 0.15) is 5.56 Å². The van der Waals surface area contributed by atoms with Crippen molar-refractivity contribution in [2.24, 2.45) is 0 Å². The highest BCUT2D eigenvalue weighted by atomic mass is 19.1. The van der Waals surface area contributed by atoms with E-state index in [2.05, 4.69) is 9.80 Å². The molecule has 3 aromatic rings. The number of anilines is 1. The van der Waals surface area contributed by atoms with Gasteiger partial charge in [0.2, 0.25) is 0 Å². The van der Waals surface area contributed by atoms with Crippen LogP contribution in [0.2, 0.25) is 0 Å². The maximum Gasteiger partial charge on any atom is 0.336 e. The molecule has 0 aliphatic carbocycles. The van der Waals surface area contributed by atoms with E-state index in [1.807, 2.05) is 0 Å². The number of aromatic hydroxyl groups is 1. The molecule has 2 aromatic carbocycles. The average Bonchev–Trinajstić information content (AvgIpc) is 2.62. The summed E-state index contributed by atoms with van der Waals surface area (Å²) in [6.07, 6.45) is 0. The predicted octanol–water partition coefficient (Wildman–Crippen LogP) is 2.96. The van der Waals surface area contributed by atoms with Crippen LogP contribution in [-0.2, 0) is 6.54 Å². The molecule has 6 heteroatoms. The zero-order valence-electron chi connectivity index (χ0n) is 14.2. The van der Waals surface area contributed by atoms with Gasteiger partial charge in [-0.2, -0.15) is 0 Å². The second-order valence-electron chi connectivity index (χ2n) is 6.51. The Morgan fingerprint density at radius 2 is 1.73 bits per heavy atom. The standard InChI is InChI=1S/C20H19FN2O3/c21-15-1-3-16(4-2-15)23-9-7-22(8-10-23)13-14-11-20(25)26-19-12-17(24)5-6-18(14)19/h1-6,11-12,24H,7-10,13H2. The van der Waals surface area contributed by atoms with Gasteiger partial charge in [0.1, 0.15) is 17.1 Å². The lowest BCUT2D eigenvalue weighted by molar-refractivity contribution is 0.250. The number of benzene rings is 2. The Morgan fingerprint density at radius 3 is 2.46 bits per heavy atom. The maximum absolute atomic E-state index is 13.1. The van der Waals surface area contributed by atoms with Gasteiger partial charge in [-0.15, -0.1) is 0 Å². The Balaban J connectivity index is 1.48. The van der Waals surface area contributed by atoms with E-state index in [1.54, 1.807) is 24.3 Å². The van der Waals surface area contributed by atoms with Crippen molar-refractivity contribution < 1.29 is 13.9 Å². The third-order valence-corrected chi connectivity index (χ3v) is 4.77. The minimum atomic E-state index is -0.414. The van der Waals surface area contributed by atoms with Crippen molar-refractivity contribution >= 4 is 16.7 Å². The Hall–Kier alpha value is -2.86. The molecular formula is C20H19FN2O3. The summed E-state index contributed by atoms with van der Waals surface area (Å²) in [6.45, 7) is 4.01. The van der Waals surface area contributed by atoms with Crippen LogP contribution in [0.3, 0.4) is 0 Å². The van der Waals surface area contributed by atoms with Gasteiger partial charge in [0.05, 0.1) is 0 Å². The van der Waals surface area contributed by atoms with E-state index < -0.39 is 5.63 Å². The lowest BCUT2D eigenvalue weighted by Crippen LogP contribution is -2.46. The third kappa shape index (κ3) is 3.41. The molecule has 1 saturated heterocycles. The van der Waals surface area contributed by atoms with E-state index in [4.69, 9.17) is 4.42 Å². The molecule has 1 fully saturated rings. The Kier molecular flexibility index (Phi) is 4.34. The monoisotopic (exact) mass is 354 g/mol. The lowest BCUT2D eigenvalue weighted by atomic mass is 10.1. The largest absolute Gasteiger partial charge is 0.508 e. The summed E-state index contributed by atoms with van der Waals surface area (Å²) >= 11 is 0. The Bertz CT molecular complexity index is 977. The van der Waals surface area contributed by atoms with Crippen LogP contribution in [0.4, 0.5) is 10.1 Å². The smallest absolute Gasteiger partial charge is 0.336 e. The average molecular weight is 354 g/mol. The van der Waals surface area contributed by atoms with Crippen molar-refractivity contribution in [3.63, 3.8) is 0 Å². The van der Waals surface area contributed by atoms with Gasteiger partial charge in [-0.1, -0.05) is 0 Å². The van der Waals surface area contributed by atoms with Crippen LogP contribution in [0.25, 0.3) is 11.0 Å². The summed E-state index contributed by atoms with van der Waals surface area (Å²) in [6, 6.07) is 12.9. The van der Waals surface area contributed by atoms with Crippen LogP contribution < -0.4 is 10.5 Å². The summed E-state index contributed by atoms with van der Waals surface area (Å²) in [5.41, 5.74) is 1.90. The molecule has 134 valence electrons. The van der Waals surface area contributed by atoms with E-state index in [0.29, 0.717) is 12.1 Å². The number of nitrogens with zero attached hydrogens (tertiary/aromatic N) is 2. The number of halogens is 1. The first-order chi connectivity index (χ1) is 12.6. The van der Waals surface area contributed by atoms with Crippen molar-refractivity contribution in [1.29, 1.82) is 0 Å². The third-order valence-electron chi connectivity index (χ3n) is 4.77. The number of rotatable bonds is 3. The fourth-order valence-corrected chi connectivity index (χ4v) is 3.41. The molecule has 26 heavy (non-hydrogen) atoms. The molecule has 1 aromatic heterocycles. The number of piperazine rings is 1. The summed E-state index contributed by atoms with van der Waals surface area (Å²) in [7, 11) is 0. The topological polar surface area (TPSA) is 56.9 Å². The molecule has 0 saturated carbocycles. The SMILES string of the molecule is O=c1cc(CN2CCN(c3ccc(F)cc3)CC2)c2ccc(O)cc2o1. The normalized spacial score (nSPS) is 15.5. The highest BCUT2D eigenvalue weighted by Gasteiger charge is 2.18. The van der Waals surface area contributed by atoms with Crippen molar-refractivity contribution in [3.8, 4) is 5.75 Å². The molecule has 0 spiro atoms. The van der Waals surface area contributed by atoms with Crippen LogP contribution in [0, 0.1) is 5.82 Å². The molecule has 0 radical (unpaired) electrons. The molecule has 0 bridgehead atoms. The first kappa shape index (κ1) is 16.6. The van der Waals surface area contributed by atoms with Gasteiger partial charge in [-0.05, 0) is 42.0 Å². The number of phenols is 1. The fraction of sp³-hybridized carbons (Fsp3) is 0.250. The van der Waals surface area contributed by atoms with Gasteiger partial charge >= 0.3 is 5.63 Å². The Labute approximate surface area is 149 Å². The first-order valence-corrected chi connectivity index (χ1v) is 8.57. The molecular weight excluding hydrogens is 335 g/mol. The van der Waals surface area contributed by atoms with Gasteiger partial charge in [0.25, 0.3) is 0 Å². The van der Waals surface area contributed by atoms with E-state index in [1.165, 1.54) is 24.3 Å². The van der Waals surface area contributed by atoms with Crippen LogP contribution in [0.5, 0.6) is 5.75 Å². The highest BCUT2D eigenvalue weighted by molar-refractivity contribution is 5.81. The van der Waals surface area contributed by atoms with Crippen LogP contribution in [0.15, 0.2) is 57.7 Å². The zero-order chi connectivity index (χ0) is 18.1. The molecule has 0 atom stereocenters. The van der Waals surface area contributed by atoms with Crippen LogP contribution in [-0.4, -0.2) is 36.2 Å². The van der Waals surface area contributed by atoms with Crippen molar-refractivity contribution in [2.45, 2.75) is 6.54 Å². The number of phenolic OH excluding ortho intramolecular Hbond substituents is 1. The van der Waals surface area contributed by atoms with Crippen LogP contribution >= 0.6 is 0 Å². The summed E-state index contributed by atoms with van der Waals surface area (Å²) in [5.74, 6) is -0.154. The van der Waals surface area contributed by atoms with E-state index in [-0.39, 0.29) is 11.6 Å². The minimum Gasteiger partial charge on any atom is -0.508 e. The van der Waals surface area contributed by atoms with E-state index >= 15 is 0 Å². The second-order valence-corrected chi connectivity index (χ2v) is 6.51. The minimum absolute atomic E-state index is 0.0747. The Morgan fingerprint density at radius 1 is 1.00 bits per heavy atom. The summed E-state index contributed by atoms with van der Waals surface area (Å²) < 4.78 is 18.3. The molecule has 0 unspecified atom stereocenters. The molecule has 2 heterocycles. The number of fused-ring (bicyclic) bond motifs is 1. The van der Waals surface area contributed by atoms with Gasteiger partial charge in [-0.25, -0.2) is 9.18 Å². The molecule has 1 aliphatic heterocycles. The number of hydrogen-bond acceptors (Lipinski definition) is 5. The fourth-order valence-electron chi connectivity index (χ4n) is 3.41. The van der Waals surface area contributed by atoms with Gasteiger partial charge < -0.3 is 14.4 Å². The first-order valence-electron chi connectivity index (χ1n) is 8.57. The quantitative estimate of drug-likeness (QED) is 0.733. The number of hydrogen-bond donors (Lipinski definition) is 1. The van der Waals surface area contributed by atoms with Gasteiger partial charge in [0, 0.05) is 55.9 Å². The van der Waals surface area contributed by atoms with E-state index in [0.717, 1.165) is 42.8 Å². The molecule has 1 N–H and O–H groups in total. The molecule has 4 rings (SSSR count). The second kappa shape index (κ2) is 6.80. The van der Waals surface area contributed by atoms with Gasteiger partial charge in [-0.3, -0.25) is 4.90 Å². The van der Waals surface area contributed by atoms with Crippen molar-refractivity contribution in [3.05, 3.63) is 70.3 Å². The molecule has 5 nitrogen and oxygen atoms in total. The summed E-state index contributed by atoms with van der Waals surface area (Å²) in [5, 5.41) is 10.4. The maximum atomic E-state index is 13.1. The lowest BCUT2D eigenvalue weighted by Gasteiger charge is -2.36. The molecule has 0 amide bonds. The van der Waals surface area contributed by atoms with Gasteiger partial charge in [0.15, 0.2) is 0 Å². The van der Waals surface area contributed by atoms with Crippen molar-refractivity contribution in [2.75, 3.05) is 31.1 Å². The molecule has 1 aliphatic rings. The predicted molar refractivity (Wildman–Crippen MR) is 98.0 cm³/mol. The summed E-state index contributed by atoms with van der Waals surface area (Å²) in [4.78, 5) is 16.3. The van der Waals surface area contributed by atoms with Crippen molar-refractivity contribution in [1.82, 2.24) is 4.90 Å². The highest BCUT2D eigenvalue weighted by Crippen LogP contribution is 2.24. The zero-order valence-corrected chi connectivity index (χ0v) is 14.2. The van der Waals surface area contributed by atoms with E-state index in [9.17, 15) is 14.3 Å².